The van der Waals surface area contributed by atoms with Gasteiger partial charge in [-0.3, -0.25) is 18.9 Å². The summed E-state index contributed by atoms with van der Waals surface area (Å²) in [6.07, 6.45) is 32.5. The number of phosphoric ester groups is 1. The maximum atomic E-state index is 15.7. The fourth-order valence-corrected chi connectivity index (χ4v) is 14.3. The van der Waals surface area contributed by atoms with Gasteiger partial charge in [-0.15, -0.1) is 0 Å². The predicted molar refractivity (Wildman–Crippen MR) is 374 cm³/mol. The zero-order valence-corrected chi connectivity index (χ0v) is 61.5. The number of hydrogen-bond acceptors (Lipinski definition) is 13. The monoisotopic (exact) mass is 1320 g/mol. The van der Waals surface area contributed by atoms with Gasteiger partial charge in [0.2, 0.25) is 5.91 Å². The lowest BCUT2D eigenvalue weighted by Crippen LogP contribution is -2.66. The van der Waals surface area contributed by atoms with Crippen molar-refractivity contribution in [3.63, 3.8) is 0 Å². The van der Waals surface area contributed by atoms with E-state index in [9.17, 15) is 4.79 Å². The van der Waals surface area contributed by atoms with Gasteiger partial charge in [0, 0.05) is 36.3 Å². The number of rotatable bonds is 57. The third-order valence-electron chi connectivity index (χ3n) is 17.1. The Kier molecular flexibility index (Phi) is 44.6. The number of amides is 1. The van der Waals surface area contributed by atoms with E-state index >= 15 is 14.2 Å². The van der Waals surface area contributed by atoms with Crippen LogP contribution in [0.2, 0.25) is 51.4 Å². The lowest BCUT2D eigenvalue weighted by Gasteiger charge is -2.46. The first-order valence-electron chi connectivity index (χ1n) is 36.2. The van der Waals surface area contributed by atoms with Crippen molar-refractivity contribution in [1.29, 1.82) is 0 Å². The predicted octanol–water partition coefficient (Wildman–Crippen LogP) is 20.7. The molecule has 0 radical (unpaired) electrons. The van der Waals surface area contributed by atoms with Gasteiger partial charge in [0.15, 0.2) is 12.4 Å². The number of phosphoric acid groups is 1. The van der Waals surface area contributed by atoms with E-state index < -0.39 is 85.2 Å². The molecule has 1 unspecified atom stereocenters. The first kappa shape index (κ1) is 81.1. The average molecular weight is 1320 g/mol. The maximum absolute atomic E-state index is 15.7. The van der Waals surface area contributed by atoms with Crippen molar-refractivity contribution in [3.05, 3.63) is 60.7 Å². The van der Waals surface area contributed by atoms with Crippen molar-refractivity contribution in [2.75, 3.05) is 26.6 Å². The molecule has 14 nitrogen and oxygen atoms in total. The molecule has 1 saturated heterocycles. The molecule has 0 spiro atoms. The number of esters is 2. The quantitative estimate of drug-likeness (QED) is 0.0219. The standard InChI is InChI=1S/C73H130NO13PSi2/c1-11-14-17-20-23-26-28-29-32-34-37-42-49-63(48-41-36-33-31-27-24-21-18-15-12-2)72(77)84-71-69(74-68(76)59-66(82-61-79-55-57-89(5,6)7)54-43-38-35-30-25-22-19-16-13-3)73(80-56-58-90(8,9)10)83-67(60-81-62(4)75)70(71)87-88(78,85-64-50-44-39-45-51-64)86-65-52-46-40-47-53-65/h39-40,44-47,50-53,63,66-67,69-71,73H,11-38,41-43,48-49,54-61H2,1-10H3,(H,74,76)/t63?,66-,67-,69-,70-,71-,73-/m1/s1. The number of para-hydroxylation sites is 2. The van der Waals surface area contributed by atoms with Crippen LogP contribution in [0.1, 0.15) is 252 Å². The topological polar surface area (TPSA) is 163 Å². The summed E-state index contributed by atoms with van der Waals surface area (Å²) in [5, 5.41) is 3.25. The third-order valence-corrected chi connectivity index (χ3v) is 21.8. The van der Waals surface area contributed by atoms with Crippen molar-refractivity contribution in [2.45, 2.75) is 341 Å². The summed E-state index contributed by atoms with van der Waals surface area (Å²) in [7, 11) is -7.88. The summed E-state index contributed by atoms with van der Waals surface area (Å²) in [5.41, 5.74) is 0. The fraction of sp³-hybridized carbons (Fsp3) is 0.795. The van der Waals surface area contributed by atoms with Crippen LogP contribution in [0.25, 0.3) is 0 Å². The largest absolute Gasteiger partial charge is 0.588 e. The highest BCUT2D eigenvalue weighted by molar-refractivity contribution is 7.49. The highest BCUT2D eigenvalue weighted by Crippen LogP contribution is 2.52. The number of carbonyl (C=O) groups is 3. The second kappa shape index (κ2) is 49.5. The molecule has 1 N–H and O–H groups in total. The van der Waals surface area contributed by atoms with Gasteiger partial charge < -0.3 is 42.8 Å². The van der Waals surface area contributed by atoms with Gasteiger partial charge >= 0.3 is 19.8 Å². The molecule has 0 saturated carbocycles. The molecule has 17 heteroatoms. The van der Waals surface area contributed by atoms with Crippen molar-refractivity contribution in [2.24, 2.45) is 5.92 Å². The van der Waals surface area contributed by atoms with E-state index in [0.29, 0.717) is 25.9 Å². The molecule has 3 rings (SSSR count). The van der Waals surface area contributed by atoms with Crippen molar-refractivity contribution >= 4 is 41.8 Å². The number of nitrogens with one attached hydrogen (secondary N) is 1. The zero-order chi connectivity index (χ0) is 65.6. The number of benzene rings is 2. The molecular formula is C73H130NO13PSi2. The van der Waals surface area contributed by atoms with Gasteiger partial charge in [0.1, 0.15) is 43.1 Å². The molecule has 1 amide bonds. The first-order valence-corrected chi connectivity index (χ1v) is 45.1. The molecule has 1 aliphatic rings. The second-order valence-corrected chi connectivity index (χ2v) is 40.9. The van der Waals surface area contributed by atoms with Crippen LogP contribution < -0.4 is 14.4 Å². The van der Waals surface area contributed by atoms with Crippen LogP contribution in [0.15, 0.2) is 60.7 Å². The summed E-state index contributed by atoms with van der Waals surface area (Å²) < 4.78 is 73.7. The molecule has 1 fully saturated rings. The summed E-state index contributed by atoms with van der Waals surface area (Å²) >= 11 is 0. The molecule has 2 aromatic carbocycles. The molecule has 518 valence electrons. The normalized spacial score (nSPS) is 17.8. The Morgan fingerprint density at radius 1 is 0.544 bits per heavy atom. The molecule has 90 heavy (non-hydrogen) atoms. The van der Waals surface area contributed by atoms with Gasteiger partial charge in [-0.1, -0.05) is 295 Å². The Bertz CT molecular complexity index is 2100. The van der Waals surface area contributed by atoms with E-state index in [1.54, 1.807) is 48.5 Å². The Labute approximate surface area is 550 Å². The summed E-state index contributed by atoms with van der Waals surface area (Å²) in [4.78, 5) is 43.4. The van der Waals surface area contributed by atoms with E-state index in [-0.39, 0.29) is 37.2 Å². The third kappa shape index (κ3) is 40.2. The van der Waals surface area contributed by atoms with Crippen LogP contribution in [-0.2, 0) is 51.9 Å². The number of unbranched alkanes of at least 4 members (excludes halogenated alkanes) is 28. The Balaban J connectivity index is 2.13. The minimum Gasteiger partial charge on any atom is -0.463 e. The maximum Gasteiger partial charge on any atom is 0.588 e. The SMILES string of the molecule is CCCCCCCCCCCCCCC(CCCCCCCCCCCC)C(=O)O[C@@H]1[C@@H](NC(=O)C[C@@H](CCCCCCCCCCC)OCOCC[Si](C)(C)C)[C@H](OCC[Si](C)(C)C)O[C@H](COC(C)=O)[C@H]1OP(=O)(Oc1ccccc1)Oc1ccccc1. The molecule has 0 aromatic heterocycles. The van der Waals surface area contributed by atoms with E-state index in [4.69, 9.17) is 42.0 Å². The minimum atomic E-state index is -4.80. The molecule has 0 bridgehead atoms. The van der Waals surface area contributed by atoms with E-state index in [0.717, 1.165) is 76.3 Å². The Morgan fingerprint density at radius 3 is 1.38 bits per heavy atom. The average Bonchev–Trinajstić information content (AvgIpc) is 0.786. The van der Waals surface area contributed by atoms with Crippen LogP contribution in [-0.4, -0.2) is 97.4 Å². The highest BCUT2D eigenvalue weighted by atomic mass is 31.2. The first-order chi connectivity index (χ1) is 43.3. The van der Waals surface area contributed by atoms with E-state index in [1.165, 1.54) is 142 Å². The Morgan fingerprint density at radius 2 is 0.956 bits per heavy atom. The molecule has 1 aliphatic heterocycles. The van der Waals surface area contributed by atoms with Crippen LogP contribution in [0, 0.1) is 5.92 Å². The summed E-state index contributed by atoms with van der Waals surface area (Å²) in [6.45, 7) is 22.2. The van der Waals surface area contributed by atoms with Crippen LogP contribution >= 0.6 is 7.82 Å². The molecule has 0 aliphatic carbocycles. The number of hydrogen-bond donors (Lipinski definition) is 1. The number of ether oxygens (including phenoxy) is 6. The molecule has 2 aromatic rings. The molecule has 1 heterocycles. The smallest absolute Gasteiger partial charge is 0.463 e. The van der Waals surface area contributed by atoms with E-state index in [2.05, 4.69) is 65.4 Å². The highest BCUT2D eigenvalue weighted by Gasteiger charge is 2.55. The molecule has 7 atom stereocenters. The Hall–Kier alpha value is -3.09. The van der Waals surface area contributed by atoms with Crippen LogP contribution in [0.5, 0.6) is 11.5 Å². The van der Waals surface area contributed by atoms with Crippen molar-refractivity contribution in [1.82, 2.24) is 5.32 Å². The van der Waals surface area contributed by atoms with Gasteiger partial charge in [0.05, 0.1) is 18.4 Å². The number of carbonyl (C=O) groups excluding carboxylic acids is 3. The summed E-state index contributed by atoms with van der Waals surface area (Å²) in [5.74, 6) is -1.53. The lowest BCUT2D eigenvalue weighted by molar-refractivity contribution is -0.271. The van der Waals surface area contributed by atoms with Gasteiger partial charge in [-0.05, 0) is 55.6 Å². The van der Waals surface area contributed by atoms with Gasteiger partial charge in [-0.25, -0.2) is 4.57 Å². The lowest BCUT2D eigenvalue weighted by atomic mass is 9.92. The van der Waals surface area contributed by atoms with E-state index in [1.807, 2.05) is 12.1 Å². The van der Waals surface area contributed by atoms with Crippen molar-refractivity contribution in [3.8, 4) is 11.5 Å². The molecular weight excluding hydrogens is 1190 g/mol. The minimum absolute atomic E-state index is 0.0252. The van der Waals surface area contributed by atoms with Crippen LogP contribution in [0.3, 0.4) is 0 Å². The van der Waals surface area contributed by atoms with Gasteiger partial charge in [-0.2, -0.15) is 0 Å². The second-order valence-electron chi connectivity index (χ2n) is 28.1. The van der Waals surface area contributed by atoms with Crippen molar-refractivity contribution < 1.29 is 60.9 Å². The zero-order valence-electron chi connectivity index (χ0n) is 58.6. The van der Waals surface area contributed by atoms with Gasteiger partial charge in [0.25, 0.3) is 0 Å². The van der Waals surface area contributed by atoms with Crippen LogP contribution in [0.4, 0.5) is 0 Å². The summed E-state index contributed by atoms with van der Waals surface area (Å²) in [6, 6.07) is 17.7. The fourth-order valence-electron chi connectivity index (χ4n) is 11.4.